The van der Waals surface area contributed by atoms with E-state index in [0.29, 0.717) is 29.2 Å². The molecule has 2 aromatic rings. The van der Waals surface area contributed by atoms with Crippen LogP contribution >= 0.6 is 27.5 Å². The van der Waals surface area contributed by atoms with Crippen LogP contribution in [0.5, 0.6) is 0 Å². The van der Waals surface area contributed by atoms with Crippen molar-refractivity contribution in [3.63, 3.8) is 0 Å². The van der Waals surface area contributed by atoms with Gasteiger partial charge < -0.3 is 10.6 Å². The molecule has 0 aliphatic rings. The molecule has 0 fully saturated rings. The zero-order chi connectivity index (χ0) is 15.9. The second kappa shape index (κ2) is 7.91. The number of carbonyl (C=O) groups excluding carboxylic acids is 2. The van der Waals surface area contributed by atoms with E-state index in [9.17, 15) is 9.59 Å². The Kier molecular flexibility index (Phi) is 5.91. The van der Waals surface area contributed by atoms with Crippen molar-refractivity contribution >= 4 is 39.3 Å². The fourth-order valence-corrected chi connectivity index (χ4v) is 2.18. The summed E-state index contributed by atoms with van der Waals surface area (Å²) < 4.78 is 0.733. The van der Waals surface area contributed by atoms with E-state index in [2.05, 4.69) is 31.5 Å². The molecular weight excluding hydrogens is 370 g/mol. The van der Waals surface area contributed by atoms with E-state index in [1.165, 1.54) is 6.20 Å². The van der Waals surface area contributed by atoms with E-state index >= 15 is 0 Å². The molecule has 0 atom stereocenters. The summed E-state index contributed by atoms with van der Waals surface area (Å²) in [6.45, 7) is 0.652. The Labute approximate surface area is 141 Å². The maximum Gasteiger partial charge on any atom is 0.252 e. The molecule has 0 bridgehead atoms. The van der Waals surface area contributed by atoms with E-state index in [1.54, 1.807) is 36.5 Å². The third-order valence-electron chi connectivity index (χ3n) is 2.77. The minimum atomic E-state index is -0.241. The molecule has 0 aliphatic heterocycles. The van der Waals surface area contributed by atoms with Crippen LogP contribution in [-0.4, -0.2) is 29.9 Å². The SMILES string of the molecule is O=C(NCCNC(=O)c1cncc(Br)c1)c1ccc(Cl)cc1. The van der Waals surface area contributed by atoms with E-state index in [1.807, 2.05) is 0 Å². The maximum absolute atomic E-state index is 11.8. The first-order valence-electron chi connectivity index (χ1n) is 6.49. The average Bonchev–Trinajstić information content (AvgIpc) is 2.51. The highest BCUT2D eigenvalue weighted by Gasteiger charge is 2.07. The zero-order valence-electron chi connectivity index (χ0n) is 11.5. The van der Waals surface area contributed by atoms with Gasteiger partial charge in [-0.25, -0.2) is 0 Å². The number of aromatic nitrogens is 1. The van der Waals surface area contributed by atoms with Crippen LogP contribution in [0.15, 0.2) is 47.2 Å². The first kappa shape index (κ1) is 16.5. The molecule has 22 heavy (non-hydrogen) atoms. The van der Waals surface area contributed by atoms with E-state index < -0.39 is 0 Å². The summed E-state index contributed by atoms with van der Waals surface area (Å²) >= 11 is 9.01. The zero-order valence-corrected chi connectivity index (χ0v) is 13.8. The molecule has 7 heteroatoms. The number of nitrogens with one attached hydrogen (secondary N) is 2. The first-order valence-corrected chi connectivity index (χ1v) is 7.66. The Morgan fingerprint density at radius 2 is 1.59 bits per heavy atom. The summed E-state index contributed by atoms with van der Waals surface area (Å²) in [5.41, 5.74) is 0.977. The van der Waals surface area contributed by atoms with Crippen LogP contribution < -0.4 is 10.6 Å². The number of hydrogen-bond acceptors (Lipinski definition) is 3. The van der Waals surface area contributed by atoms with Crippen LogP contribution in [0.4, 0.5) is 0 Å². The molecule has 0 spiro atoms. The third kappa shape index (κ3) is 4.82. The molecule has 0 unspecified atom stereocenters. The quantitative estimate of drug-likeness (QED) is 0.781. The average molecular weight is 383 g/mol. The van der Waals surface area contributed by atoms with Crippen molar-refractivity contribution in [1.82, 2.24) is 15.6 Å². The lowest BCUT2D eigenvalue weighted by Gasteiger charge is -2.07. The van der Waals surface area contributed by atoms with Gasteiger partial charge in [-0.1, -0.05) is 11.6 Å². The van der Waals surface area contributed by atoms with Gasteiger partial charge in [0.25, 0.3) is 11.8 Å². The van der Waals surface area contributed by atoms with Crippen LogP contribution in [0.25, 0.3) is 0 Å². The fourth-order valence-electron chi connectivity index (χ4n) is 1.69. The van der Waals surface area contributed by atoms with Crippen molar-refractivity contribution in [3.8, 4) is 0 Å². The molecule has 0 saturated heterocycles. The van der Waals surface area contributed by atoms with Crippen molar-refractivity contribution in [2.75, 3.05) is 13.1 Å². The number of nitrogens with zero attached hydrogens (tertiary/aromatic N) is 1. The van der Waals surface area contributed by atoms with Crippen molar-refractivity contribution in [3.05, 3.63) is 63.3 Å². The van der Waals surface area contributed by atoms with E-state index in [4.69, 9.17) is 11.6 Å². The molecule has 2 N–H and O–H groups in total. The van der Waals surface area contributed by atoms with Gasteiger partial charge in [0, 0.05) is 40.5 Å². The summed E-state index contributed by atoms with van der Waals surface area (Å²) in [6, 6.07) is 8.26. The van der Waals surface area contributed by atoms with Gasteiger partial charge in [-0.3, -0.25) is 14.6 Å². The topological polar surface area (TPSA) is 71.1 Å². The molecule has 1 aromatic carbocycles. The summed E-state index contributed by atoms with van der Waals surface area (Å²) in [7, 11) is 0. The number of benzene rings is 1. The molecule has 0 saturated carbocycles. The summed E-state index contributed by atoms with van der Waals surface area (Å²) in [5, 5.41) is 6.00. The Morgan fingerprint density at radius 1 is 1.00 bits per heavy atom. The van der Waals surface area contributed by atoms with Gasteiger partial charge >= 0.3 is 0 Å². The summed E-state index contributed by atoms with van der Waals surface area (Å²) in [5.74, 6) is -0.454. The Bertz CT molecular complexity index is 677. The molecule has 0 aliphatic carbocycles. The largest absolute Gasteiger partial charge is 0.350 e. The molecule has 114 valence electrons. The van der Waals surface area contributed by atoms with Crippen LogP contribution in [-0.2, 0) is 0 Å². The van der Waals surface area contributed by atoms with Gasteiger partial charge in [0.15, 0.2) is 0 Å². The number of pyridine rings is 1. The van der Waals surface area contributed by atoms with Crippen LogP contribution in [0.1, 0.15) is 20.7 Å². The van der Waals surface area contributed by atoms with Gasteiger partial charge in [0.2, 0.25) is 0 Å². The molecule has 0 radical (unpaired) electrons. The van der Waals surface area contributed by atoms with Crippen molar-refractivity contribution < 1.29 is 9.59 Å². The van der Waals surface area contributed by atoms with E-state index in [0.717, 1.165) is 4.47 Å². The third-order valence-corrected chi connectivity index (χ3v) is 3.46. The molecule has 1 heterocycles. The number of rotatable bonds is 5. The minimum absolute atomic E-state index is 0.213. The number of carbonyl (C=O) groups is 2. The second-order valence-corrected chi connectivity index (χ2v) is 5.76. The monoisotopic (exact) mass is 381 g/mol. The Morgan fingerprint density at radius 3 is 2.18 bits per heavy atom. The first-order chi connectivity index (χ1) is 10.6. The predicted octanol–water partition coefficient (Wildman–Crippen LogP) is 2.66. The van der Waals surface area contributed by atoms with Crippen LogP contribution in [0.3, 0.4) is 0 Å². The minimum Gasteiger partial charge on any atom is -0.350 e. The van der Waals surface area contributed by atoms with Crippen molar-refractivity contribution in [1.29, 1.82) is 0 Å². The van der Waals surface area contributed by atoms with Gasteiger partial charge in [-0.2, -0.15) is 0 Å². The Balaban J connectivity index is 1.76. The number of hydrogen-bond donors (Lipinski definition) is 2. The van der Waals surface area contributed by atoms with Gasteiger partial charge in [0.1, 0.15) is 0 Å². The smallest absolute Gasteiger partial charge is 0.252 e. The van der Waals surface area contributed by atoms with Gasteiger partial charge in [0.05, 0.1) is 5.56 Å². The molecule has 2 amide bonds. The molecule has 1 aromatic heterocycles. The van der Waals surface area contributed by atoms with E-state index in [-0.39, 0.29) is 11.8 Å². The highest BCUT2D eigenvalue weighted by molar-refractivity contribution is 9.10. The standard InChI is InChI=1S/C15H13BrClN3O2/c16-12-7-11(8-18-9-12)15(22)20-6-5-19-14(21)10-1-3-13(17)4-2-10/h1-4,7-9H,5-6H2,(H,19,21)(H,20,22). The van der Waals surface area contributed by atoms with Crippen molar-refractivity contribution in [2.24, 2.45) is 0 Å². The van der Waals surface area contributed by atoms with Crippen molar-refractivity contribution in [2.45, 2.75) is 0 Å². The summed E-state index contributed by atoms with van der Waals surface area (Å²) in [4.78, 5) is 27.6. The highest BCUT2D eigenvalue weighted by atomic mass is 79.9. The van der Waals surface area contributed by atoms with Crippen LogP contribution in [0, 0.1) is 0 Å². The lowest BCUT2D eigenvalue weighted by molar-refractivity contribution is 0.0927. The number of halogens is 2. The van der Waals surface area contributed by atoms with Gasteiger partial charge in [-0.05, 0) is 46.3 Å². The second-order valence-electron chi connectivity index (χ2n) is 4.41. The Hall–Kier alpha value is -1.92. The van der Waals surface area contributed by atoms with Crippen LogP contribution in [0.2, 0.25) is 5.02 Å². The lowest BCUT2D eigenvalue weighted by Crippen LogP contribution is -2.34. The fraction of sp³-hybridized carbons (Fsp3) is 0.133. The lowest BCUT2D eigenvalue weighted by atomic mass is 10.2. The van der Waals surface area contributed by atoms with Gasteiger partial charge in [-0.15, -0.1) is 0 Å². The highest BCUT2D eigenvalue weighted by Crippen LogP contribution is 2.10. The molecular formula is C15H13BrClN3O2. The molecule has 2 rings (SSSR count). The maximum atomic E-state index is 11.8. The summed E-state index contributed by atoms with van der Waals surface area (Å²) in [6.07, 6.45) is 3.08. The molecule has 5 nitrogen and oxygen atoms in total. The normalized spacial score (nSPS) is 10.1. The predicted molar refractivity (Wildman–Crippen MR) is 88.1 cm³/mol. The number of amides is 2.